The number of carbonyl (C=O) groups excluding carboxylic acids is 1. The van der Waals surface area contributed by atoms with Crippen LogP contribution in [0.5, 0.6) is 5.75 Å². The van der Waals surface area contributed by atoms with Crippen LogP contribution >= 0.6 is 0 Å². The minimum absolute atomic E-state index is 0.0387. The number of aliphatic hydroxyl groups excluding tert-OH is 1. The van der Waals surface area contributed by atoms with Gasteiger partial charge < -0.3 is 15.2 Å². The number of benzene rings is 1. The summed E-state index contributed by atoms with van der Waals surface area (Å²) in [5.41, 5.74) is 0.391. The van der Waals surface area contributed by atoms with Crippen LogP contribution in [0.3, 0.4) is 0 Å². The molecule has 1 saturated carbocycles. The zero-order chi connectivity index (χ0) is 13.8. The quantitative estimate of drug-likeness (QED) is 0.828. The van der Waals surface area contributed by atoms with Crippen LogP contribution in [-0.4, -0.2) is 23.7 Å². The first-order chi connectivity index (χ1) is 9.06. The molecule has 1 aromatic carbocycles. The second-order valence-corrected chi connectivity index (χ2v) is 4.80. The van der Waals surface area contributed by atoms with Crippen molar-refractivity contribution in [3.63, 3.8) is 0 Å². The van der Waals surface area contributed by atoms with Crippen LogP contribution in [0.25, 0.3) is 0 Å². The molecule has 2 N–H and O–H groups in total. The van der Waals surface area contributed by atoms with Crippen LogP contribution in [0.1, 0.15) is 37.9 Å². The smallest absolute Gasteiger partial charge is 0.223 e. The van der Waals surface area contributed by atoms with Crippen LogP contribution in [0, 0.1) is 5.82 Å². The second kappa shape index (κ2) is 6.02. The number of amides is 1. The van der Waals surface area contributed by atoms with Crippen LogP contribution in [0.4, 0.5) is 4.39 Å². The minimum Gasteiger partial charge on any atom is -0.493 e. The maximum Gasteiger partial charge on any atom is 0.223 e. The SMILES string of the molecule is C[C@H](O)c1cc(F)ccc1OCCC(=O)NC1CC1. The van der Waals surface area contributed by atoms with E-state index in [9.17, 15) is 14.3 Å². The normalized spacial score (nSPS) is 15.9. The Kier molecular flexibility index (Phi) is 4.37. The van der Waals surface area contributed by atoms with Crippen LogP contribution in [0.2, 0.25) is 0 Å². The van der Waals surface area contributed by atoms with E-state index in [4.69, 9.17) is 4.74 Å². The Bertz CT molecular complexity index is 458. The zero-order valence-electron chi connectivity index (χ0n) is 10.9. The van der Waals surface area contributed by atoms with Gasteiger partial charge in [-0.3, -0.25) is 4.79 Å². The van der Waals surface area contributed by atoms with Gasteiger partial charge in [-0.25, -0.2) is 4.39 Å². The summed E-state index contributed by atoms with van der Waals surface area (Å²) in [7, 11) is 0. The number of rotatable bonds is 6. The van der Waals surface area contributed by atoms with Crippen LogP contribution in [0.15, 0.2) is 18.2 Å². The zero-order valence-corrected chi connectivity index (χ0v) is 10.9. The summed E-state index contributed by atoms with van der Waals surface area (Å²) < 4.78 is 18.5. The third kappa shape index (κ3) is 4.21. The lowest BCUT2D eigenvalue weighted by Crippen LogP contribution is -2.26. The van der Waals surface area contributed by atoms with Crippen molar-refractivity contribution in [2.75, 3.05) is 6.61 Å². The van der Waals surface area contributed by atoms with E-state index in [0.717, 1.165) is 12.8 Å². The lowest BCUT2D eigenvalue weighted by molar-refractivity contribution is -0.121. The fourth-order valence-electron chi connectivity index (χ4n) is 1.76. The number of aliphatic hydroxyl groups is 1. The van der Waals surface area contributed by atoms with Gasteiger partial charge in [0.25, 0.3) is 0 Å². The summed E-state index contributed by atoms with van der Waals surface area (Å²) in [6.45, 7) is 1.76. The highest BCUT2D eigenvalue weighted by molar-refractivity contribution is 5.76. The van der Waals surface area contributed by atoms with Crippen molar-refractivity contribution in [3.05, 3.63) is 29.6 Å². The maximum atomic E-state index is 13.1. The number of nitrogens with one attached hydrogen (secondary N) is 1. The predicted molar refractivity (Wildman–Crippen MR) is 68.3 cm³/mol. The molecule has 19 heavy (non-hydrogen) atoms. The Hall–Kier alpha value is -1.62. The molecule has 1 amide bonds. The van der Waals surface area contributed by atoms with Crippen LogP contribution < -0.4 is 10.1 Å². The first-order valence-corrected chi connectivity index (χ1v) is 6.46. The summed E-state index contributed by atoms with van der Waals surface area (Å²) in [5, 5.41) is 12.4. The van der Waals surface area contributed by atoms with Crippen molar-refractivity contribution in [1.29, 1.82) is 0 Å². The lowest BCUT2D eigenvalue weighted by Gasteiger charge is -2.13. The van der Waals surface area contributed by atoms with Crippen molar-refractivity contribution in [3.8, 4) is 5.75 Å². The Morgan fingerprint density at radius 2 is 2.32 bits per heavy atom. The predicted octanol–water partition coefficient (Wildman–Crippen LogP) is 1.93. The van der Waals surface area contributed by atoms with Gasteiger partial charge in [0.1, 0.15) is 11.6 Å². The molecule has 4 nitrogen and oxygen atoms in total. The molecule has 1 atom stereocenters. The van der Waals surface area contributed by atoms with Gasteiger partial charge in [-0.1, -0.05) is 0 Å². The van der Waals surface area contributed by atoms with Gasteiger partial charge in [0.2, 0.25) is 5.91 Å². The topological polar surface area (TPSA) is 58.6 Å². The van der Waals surface area contributed by atoms with Gasteiger partial charge in [-0.05, 0) is 38.0 Å². The van der Waals surface area contributed by atoms with Gasteiger partial charge in [0.05, 0.1) is 19.1 Å². The summed E-state index contributed by atoms with van der Waals surface area (Å²) in [6.07, 6.45) is 1.55. The Labute approximate surface area is 111 Å². The average molecular weight is 267 g/mol. The first-order valence-electron chi connectivity index (χ1n) is 6.46. The van der Waals surface area contributed by atoms with Crippen molar-refractivity contribution in [2.24, 2.45) is 0 Å². The molecule has 1 aromatic rings. The van der Waals surface area contributed by atoms with E-state index in [1.807, 2.05) is 0 Å². The molecule has 0 saturated heterocycles. The third-order valence-corrected chi connectivity index (χ3v) is 2.95. The Morgan fingerprint density at radius 3 is 2.95 bits per heavy atom. The van der Waals surface area contributed by atoms with Crippen molar-refractivity contribution in [2.45, 2.75) is 38.3 Å². The minimum atomic E-state index is -0.814. The second-order valence-electron chi connectivity index (χ2n) is 4.80. The van der Waals surface area contributed by atoms with Gasteiger partial charge in [0, 0.05) is 11.6 Å². The number of hydrogen-bond donors (Lipinski definition) is 2. The molecule has 0 heterocycles. The molecule has 2 rings (SSSR count). The molecule has 1 aliphatic rings. The molecule has 104 valence electrons. The average Bonchev–Trinajstić information content (AvgIpc) is 3.14. The fourth-order valence-corrected chi connectivity index (χ4v) is 1.76. The highest BCUT2D eigenvalue weighted by Gasteiger charge is 2.23. The van der Waals surface area contributed by atoms with E-state index in [1.165, 1.54) is 18.2 Å². The highest BCUT2D eigenvalue weighted by atomic mass is 19.1. The maximum absolute atomic E-state index is 13.1. The van der Waals surface area contributed by atoms with E-state index in [-0.39, 0.29) is 18.9 Å². The highest BCUT2D eigenvalue weighted by Crippen LogP contribution is 2.26. The number of halogens is 1. The summed E-state index contributed by atoms with van der Waals surface area (Å²) >= 11 is 0. The van der Waals surface area contributed by atoms with Gasteiger partial charge in [-0.2, -0.15) is 0 Å². The Morgan fingerprint density at radius 1 is 1.58 bits per heavy atom. The molecule has 0 aliphatic heterocycles. The van der Waals surface area contributed by atoms with E-state index in [1.54, 1.807) is 6.92 Å². The number of carbonyl (C=O) groups is 1. The van der Waals surface area contributed by atoms with Crippen molar-refractivity contribution < 1.29 is 19.0 Å². The van der Waals surface area contributed by atoms with E-state index < -0.39 is 11.9 Å². The van der Waals surface area contributed by atoms with E-state index in [0.29, 0.717) is 17.4 Å². The molecule has 1 fully saturated rings. The lowest BCUT2D eigenvalue weighted by atomic mass is 10.1. The van der Waals surface area contributed by atoms with Crippen molar-refractivity contribution in [1.82, 2.24) is 5.32 Å². The van der Waals surface area contributed by atoms with Crippen LogP contribution in [-0.2, 0) is 4.79 Å². The molecule has 0 unspecified atom stereocenters. The molecule has 0 aromatic heterocycles. The molecule has 0 spiro atoms. The first kappa shape index (κ1) is 13.8. The summed E-state index contributed by atoms with van der Waals surface area (Å²) in [5.74, 6) is -0.0476. The molecule has 5 heteroatoms. The standard InChI is InChI=1S/C14H18FNO3/c1-9(17)12-8-10(15)2-5-13(12)19-7-6-14(18)16-11-3-4-11/h2,5,8-9,11,17H,3-4,6-7H2,1H3,(H,16,18)/t9-/m0/s1. The van der Waals surface area contributed by atoms with Crippen molar-refractivity contribution >= 4 is 5.91 Å². The summed E-state index contributed by atoms with van der Waals surface area (Å²) in [4.78, 5) is 11.5. The van der Waals surface area contributed by atoms with Gasteiger partial charge in [-0.15, -0.1) is 0 Å². The third-order valence-electron chi connectivity index (χ3n) is 2.95. The molecule has 0 bridgehead atoms. The van der Waals surface area contributed by atoms with E-state index >= 15 is 0 Å². The molecule has 0 radical (unpaired) electrons. The van der Waals surface area contributed by atoms with Gasteiger partial charge >= 0.3 is 0 Å². The summed E-state index contributed by atoms with van der Waals surface area (Å²) in [6, 6.07) is 4.32. The molecular weight excluding hydrogens is 249 g/mol. The molecule has 1 aliphatic carbocycles. The number of ether oxygens (including phenoxy) is 1. The van der Waals surface area contributed by atoms with Gasteiger partial charge in [0.15, 0.2) is 0 Å². The number of hydrogen-bond acceptors (Lipinski definition) is 3. The molecular formula is C14H18FNO3. The van der Waals surface area contributed by atoms with E-state index in [2.05, 4.69) is 5.32 Å². The largest absolute Gasteiger partial charge is 0.493 e. The monoisotopic (exact) mass is 267 g/mol. The Balaban J connectivity index is 1.86. The fraction of sp³-hybridized carbons (Fsp3) is 0.500.